The number of benzene rings is 2. The van der Waals surface area contributed by atoms with Gasteiger partial charge in [0.15, 0.2) is 23.6 Å². The predicted octanol–water partition coefficient (Wildman–Crippen LogP) is 3.40. The minimum absolute atomic E-state index is 0.316. The Hall–Kier alpha value is -1.89. The van der Waals surface area contributed by atoms with Crippen LogP contribution in [-0.2, 0) is 4.74 Å². The summed E-state index contributed by atoms with van der Waals surface area (Å²) in [6, 6.07) is 14.1. The number of alkyl halides is 1. The smallest absolute Gasteiger partial charge is 0.181 e. The number of ether oxygens (including phenoxy) is 3. The summed E-state index contributed by atoms with van der Waals surface area (Å²) in [5.41, 5.74) is 0.375. The van der Waals surface area contributed by atoms with E-state index >= 15 is 0 Å². The third-order valence-corrected chi connectivity index (χ3v) is 4.03. The highest BCUT2D eigenvalue weighted by Gasteiger charge is 2.25. The van der Waals surface area contributed by atoms with E-state index in [1.807, 2.05) is 30.3 Å². The minimum atomic E-state index is -1.23. The summed E-state index contributed by atoms with van der Waals surface area (Å²) in [5, 5.41) is 9.59. The van der Waals surface area contributed by atoms with Crippen LogP contribution in [0.3, 0.4) is 0 Å². The number of carbonyl (C=O) groups is 1. The Kier molecular flexibility index (Phi) is 6.15. The molecule has 5 nitrogen and oxygen atoms in total. The number of Topliss-reactive ketones (excluding diaryl/α,β-unsaturated/α-hetero) is 1. The second-order valence-corrected chi connectivity index (χ2v) is 5.66. The van der Waals surface area contributed by atoms with Crippen molar-refractivity contribution in [2.24, 2.45) is 0 Å². The molecule has 2 unspecified atom stereocenters. The monoisotopic (exact) mass is 380 g/mol. The van der Waals surface area contributed by atoms with Crippen molar-refractivity contribution in [3.8, 4) is 17.2 Å². The van der Waals surface area contributed by atoms with Gasteiger partial charge in [-0.25, -0.2) is 0 Å². The van der Waals surface area contributed by atoms with Crippen molar-refractivity contribution in [1.29, 1.82) is 0 Å². The van der Waals surface area contributed by atoms with Crippen LogP contribution in [0.2, 0.25) is 0 Å². The zero-order valence-corrected chi connectivity index (χ0v) is 14.3. The third-order valence-electron chi connectivity index (χ3n) is 3.16. The summed E-state index contributed by atoms with van der Waals surface area (Å²) >= 11 is 3.13. The molecule has 6 heteroatoms. The van der Waals surface area contributed by atoms with Crippen LogP contribution in [0, 0.1) is 0 Å². The minimum Gasteiger partial charge on any atom is -0.493 e. The summed E-state index contributed by atoms with van der Waals surface area (Å²) in [6.45, 7) is 0. The molecule has 0 saturated heterocycles. The van der Waals surface area contributed by atoms with Gasteiger partial charge in [-0.2, -0.15) is 0 Å². The second kappa shape index (κ2) is 8.10. The van der Waals surface area contributed by atoms with Crippen LogP contribution in [0.25, 0.3) is 0 Å². The first-order valence-corrected chi connectivity index (χ1v) is 7.78. The molecule has 23 heavy (non-hydrogen) atoms. The number of aliphatic hydroxyl groups is 1. The van der Waals surface area contributed by atoms with Crippen molar-refractivity contribution in [1.82, 2.24) is 0 Å². The first-order valence-electron chi connectivity index (χ1n) is 6.87. The van der Waals surface area contributed by atoms with E-state index in [0.717, 1.165) is 0 Å². The van der Waals surface area contributed by atoms with Crippen molar-refractivity contribution in [3.63, 3.8) is 0 Å². The number of para-hydroxylation sites is 1. The molecule has 0 aliphatic heterocycles. The Balaban J connectivity index is 2.24. The maximum atomic E-state index is 12.3. The lowest BCUT2D eigenvalue weighted by atomic mass is 10.1. The van der Waals surface area contributed by atoms with E-state index < -0.39 is 11.1 Å². The van der Waals surface area contributed by atoms with Gasteiger partial charge in [0.05, 0.1) is 7.11 Å². The largest absolute Gasteiger partial charge is 0.493 e. The van der Waals surface area contributed by atoms with Gasteiger partial charge >= 0.3 is 0 Å². The Bertz CT molecular complexity index is 659. The van der Waals surface area contributed by atoms with Gasteiger partial charge in [0.25, 0.3) is 0 Å². The van der Waals surface area contributed by atoms with Crippen molar-refractivity contribution in [3.05, 3.63) is 54.1 Å². The van der Waals surface area contributed by atoms with E-state index in [-0.39, 0.29) is 5.78 Å². The predicted molar refractivity (Wildman–Crippen MR) is 89.6 cm³/mol. The summed E-state index contributed by atoms with van der Waals surface area (Å²) in [6.07, 6.45) is -1.23. The molecule has 0 saturated carbocycles. The van der Waals surface area contributed by atoms with Gasteiger partial charge in [-0.1, -0.05) is 34.1 Å². The van der Waals surface area contributed by atoms with Crippen molar-refractivity contribution < 1.29 is 24.1 Å². The Morgan fingerprint density at radius 1 is 1.09 bits per heavy atom. The van der Waals surface area contributed by atoms with Crippen LogP contribution in [0.15, 0.2) is 48.5 Å². The van der Waals surface area contributed by atoms with Crippen LogP contribution in [0.5, 0.6) is 17.2 Å². The molecule has 1 N–H and O–H groups in total. The molecule has 0 bridgehead atoms. The highest BCUT2D eigenvalue weighted by atomic mass is 79.9. The molecular formula is C17H17BrO5. The summed E-state index contributed by atoms with van der Waals surface area (Å²) < 4.78 is 15.8. The van der Waals surface area contributed by atoms with Gasteiger partial charge in [0.2, 0.25) is 0 Å². The summed E-state index contributed by atoms with van der Waals surface area (Å²) in [7, 11) is 2.82. The van der Waals surface area contributed by atoms with Gasteiger partial charge in [0, 0.05) is 12.7 Å². The first kappa shape index (κ1) is 17.5. The van der Waals surface area contributed by atoms with E-state index in [1.54, 1.807) is 18.2 Å². The molecule has 2 aromatic rings. The number of halogens is 1. The van der Waals surface area contributed by atoms with Gasteiger partial charge in [-0.15, -0.1) is 0 Å². The van der Waals surface area contributed by atoms with Crippen LogP contribution >= 0.6 is 15.9 Å². The molecule has 0 radical (unpaired) electrons. The Morgan fingerprint density at radius 3 is 2.39 bits per heavy atom. The second-order valence-electron chi connectivity index (χ2n) is 4.67. The average molecular weight is 381 g/mol. The van der Waals surface area contributed by atoms with Crippen molar-refractivity contribution in [2.75, 3.05) is 14.2 Å². The summed E-state index contributed by atoms with van der Waals surface area (Å²) in [4.78, 5) is 11.4. The molecular weight excluding hydrogens is 364 g/mol. The molecule has 0 spiro atoms. The number of rotatable bonds is 7. The van der Waals surface area contributed by atoms with Gasteiger partial charge in [0.1, 0.15) is 10.6 Å². The van der Waals surface area contributed by atoms with E-state index in [9.17, 15) is 9.90 Å². The molecule has 0 heterocycles. The number of carbonyl (C=O) groups excluding carboxylic acids is 1. The van der Waals surface area contributed by atoms with Crippen LogP contribution in [0.4, 0.5) is 0 Å². The van der Waals surface area contributed by atoms with Gasteiger partial charge < -0.3 is 19.3 Å². The van der Waals surface area contributed by atoms with E-state index in [0.29, 0.717) is 22.8 Å². The fourth-order valence-corrected chi connectivity index (χ4v) is 2.41. The average Bonchev–Trinajstić information content (AvgIpc) is 2.61. The number of hydrogen-bond acceptors (Lipinski definition) is 5. The van der Waals surface area contributed by atoms with Crippen molar-refractivity contribution >= 4 is 21.7 Å². The molecule has 0 amide bonds. The molecule has 2 aromatic carbocycles. The number of aliphatic hydroxyl groups excluding tert-OH is 1. The molecule has 0 fully saturated rings. The van der Waals surface area contributed by atoms with Gasteiger partial charge in [-0.05, 0) is 30.3 Å². The fraction of sp³-hybridized carbons (Fsp3) is 0.235. The zero-order valence-electron chi connectivity index (χ0n) is 12.7. The van der Waals surface area contributed by atoms with Crippen LogP contribution in [-0.4, -0.2) is 36.2 Å². The summed E-state index contributed by atoms with van der Waals surface area (Å²) in [5.74, 6) is 1.27. The Morgan fingerprint density at radius 2 is 1.78 bits per heavy atom. The first-order chi connectivity index (χ1) is 11.1. The molecule has 122 valence electrons. The fourth-order valence-electron chi connectivity index (χ4n) is 1.93. The van der Waals surface area contributed by atoms with Crippen LogP contribution < -0.4 is 9.47 Å². The quantitative estimate of drug-likeness (QED) is 0.453. The lowest BCUT2D eigenvalue weighted by Crippen LogP contribution is -2.30. The molecule has 2 atom stereocenters. The SMILES string of the molecule is COc1cc(C(=O)C(Br)C(O)OC)ccc1Oc1ccccc1. The lowest BCUT2D eigenvalue weighted by Gasteiger charge is -2.16. The maximum Gasteiger partial charge on any atom is 0.181 e. The normalized spacial score (nSPS) is 13.2. The molecule has 0 aliphatic rings. The van der Waals surface area contributed by atoms with Crippen molar-refractivity contribution in [2.45, 2.75) is 11.1 Å². The van der Waals surface area contributed by atoms with E-state index in [4.69, 9.17) is 14.2 Å². The Labute approximate surface area is 142 Å². The third kappa shape index (κ3) is 4.31. The molecule has 0 aliphatic carbocycles. The standard InChI is InChI=1S/C17H17BrO5/c1-21-14-10-11(16(19)15(18)17(20)22-2)8-9-13(14)23-12-6-4-3-5-7-12/h3-10,15,17,20H,1-2H3. The number of methoxy groups -OCH3 is 2. The molecule has 2 rings (SSSR count). The topological polar surface area (TPSA) is 65.0 Å². The van der Waals surface area contributed by atoms with E-state index in [2.05, 4.69) is 15.9 Å². The zero-order chi connectivity index (χ0) is 16.8. The lowest BCUT2D eigenvalue weighted by molar-refractivity contribution is -0.0666. The highest BCUT2D eigenvalue weighted by Crippen LogP contribution is 2.33. The maximum absolute atomic E-state index is 12.3. The van der Waals surface area contributed by atoms with Crippen LogP contribution in [0.1, 0.15) is 10.4 Å². The van der Waals surface area contributed by atoms with E-state index in [1.165, 1.54) is 14.2 Å². The highest BCUT2D eigenvalue weighted by molar-refractivity contribution is 9.10. The number of ketones is 1. The number of hydrogen-bond donors (Lipinski definition) is 1. The molecule has 0 aromatic heterocycles. The van der Waals surface area contributed by atoms with Gasteiger partial charge in [-0.3, -0.25) is 4.79 Å².